The Morgan fingerprint density at radius 3 is 2.41 bits per heavy atom. The van der Waals surface area contributed by atoms with Gasteiger partial charge in [0.1, 0.15) is 11.9 Å². The smallest absolute Gasteiger partial charge is 0.196 e. The standard InChI is InChI=1S/C22H29N3O2/c1-15(25-12-6-3-7-13-25)16(2)27-21-9-5-4-8-18(21)22(26)17-10-11-19(23)20(24)14-17/h4-5,8-11,14-16H,3,6-7,12-13,23-24H2,1-2H3. The van der Waals surface area contributed by atoms with Crippen molar-refractivity contribution >= 4 is 17.2 Å². The number of ketones is 1. The Morgan fingerprint density at radius 1 is 1.00 bits per heavy atom. The molecular formula is C22H29N3O2. The number of rotatable bonds is 6. The molecule has 0 saturated carbocycles. The van der Waals surface area contributed by atoms with E-state index in [0.717, 1.165) is 13.1 Å². The normalized spacial score (nSPS) is 17.3. The second kappa shape index (κ2) is 8.44. The molecule has 0 aromatic heterocycles. The fraction of sp³-hybridized carbons (Fsp3) is 0.409. The van der Waals surface area contributed by atoms with Crippen LogP contribution in [0, 0.1) is 0 Å². The summed E-state index contributed by atoms with van der Waals surface area (Å²) in [4.78, 5) is 15.5. The van der Waals surface area contributed by atoms with E-state index in [1.165, 1.54) is 19.3 Å². The number of carbonyl (C=O) groups is 1. The van der Waals surface area contributed by atoms with E-state index < -0.39 is 0 Å². The molecule has 5 nitrogen and oxygen atoms in total. The first-order valence-corrected chi connectivity index (χ1v) is 9.67. The van der Waals surface area contributed by atoms with Crippen LogP contribution in [0.2, 0.25) is 0 Å². The highest BCUT2D eigenvalue weighted by molar-refractivity contribution is 6.11. The Balaban J connectivity index is 1.78. The number of carbonyl (C=O) groups excluding carboxylic acids is 1. The van der Waals surface area contributed by atoms with Crippen LogP contribution in [-0.4, -0.2) is 35.9 Å². The maximum absolute atomic E-state index is 13.0. The van der Waals surface area contributed by atoms with E-state index in [2.05, 4.69) is 18.7 Å². The van der Waals surface area contributed by atoms with Gasteiger partial charge < -0.3 is 16.2 Å². The largest absolute Gasteiger partial charge is 0.488 e. The Kier molecular flexibility index (Phi) is 6.01. The van der Waals surface area contributed by atoms with Crippen LogP contribution in [0.4, 0.5) is 11.4 Å². The van der Waals surface area contributed by atoms with E-state index in [1.807, 2.05) is 18.2 Å². The minimum absolute atomic E-state index is 0.0199. The fourth-order valence-corrected chi connectivity index (χ4v) is 3.55. The maximum atomic E-state index is 13.0. The van der Waals surface area contributed by atoms with Crippen LogP contribution in [0.3, 0.4) is 0 Å². The van der Waals surface area contributed by atoms with Gasteiger partial charge in [-0.05, 0) is 70.1 Å². The number of hydrogen-bond donors (Lipinski definition) is 2. The summed E-state index contributed by atoms with van der Waals surface area (Å²) in [7, 11) is 0. The van der Waals surface area contributed by atoms with Gasteiger partial charge in [0.15, 0.2) is 5.78 Å². The molecular weight excluding hydrogens is 338 g/mol. The summed E-state index contributed by atoms with van der Waals surface area (Å²) in [6, 6.07) is 12.7. The molecule has 2 aromatic rings. The second-order valence-electron chi connectivity index (χ2n) is 7.33. The average molecular weight is 367 g/mol. The van der Waals surface area contributed by atoms with Gasteiger partial charge in [-0.15, -0.1) is 0 Å². The van der Waals surface area contributed by atoms with Gasteiger partial charge in [0.05, 0.1) is 16.9 Å². The van der Waals surface area contributed by atoms with E-state index >= 15 is 0 Å². The Morgan fingerprint density at radius 2 is 1.70 bits per heavy atom. The Labute approximate surface area is 161 Å². The summed E-state index contributed by atoms with van der Waals surface area (Å²) in [5, 5.41) is 0. The molecule has 0 aliphatic carbocycles. The van der Waals surface area contributed by atoms with Crippen molar-refractivity contribution in [2.45, 2.75) is 45.3 Å². The van der Waals surface area contributed by atoms with Crippen molar-refractivity contribution in [1.29, 1.82) is 0 Å². The number of nitrogens with two attached hydrogens (primary N) is 2. The van der Waals surface area contributed by atoms with Gasteiger partial charge in [-0.1, -0.05) is 18.6 Å². The molecule has 144 valence electrons. The van der Waals surface area contributed by atoms with Gasteiger partial charge in [-0.3, -0.25) is 9.69 Å². The predicted octanol–water partition coefficient (Wildman–Crippen LogP) is 3.72. The van der Waals surface area contributed by atoms with Crippen LogP contribution in [0.25, 0.3) is 0 Å². The molecule has 0 spiro atoms. The first-order valence-electron chi connectivity index (χ1n) is 9.67. The SMILES string of the molecule is CC(Oc1ccccc1C(=O)c1ccc(N)c(N)c1)C(C)N1CCCCC1. The molecule has 4 N–H and O–H groups in total. The maximum Gasteiger partial charge on any atom is 0.196 e. The van der Waals surface area contributed by atoms with E-state index in [9.17, 15) is 4.79 Å². The first kappa shape index (κ1) is 19.2. The van der Waals surface area contributed by atoms with E-state index in [4.69, 9.17) is 16.2 Å². The second-order valence-corrected chi connectivity index (χ2v) is 7.33. The minimum atomic E-state index is -0.116. The molecule has 1 aliphatic rings. The number of piperidine rings is 1. The first-order chi connectivity index (χ1) is 13.0. The van der Waals surface area contributed by atoms with Gasteiger partial charge >= 0.3 is 0 Å². The lowest BCUT2D eigenvalue weighted by atomic mass is 10.0. The van der Waals surface area contributed by atoms with E-state index in [0.29, 0.717) is 34.3 Å². The molecule has 0 bridgehead atoms. The average Bonchev–Trinajstić information content (AvgIpc) is 2.70. The number of benzene rings is 2. The molecule has 27 heavy (non-hydrogen) atoms. The molecule has 3 rings (SSSR count). The van der Waals surface area contributed by atoms with Gasteiger partial charge in [-0.25, -0.2) is 0 Å². The highest BCUT2D eigenvalue weighted by atomic mass is 16.5. The van der Waals surface area contributed by atoms with Crippen LogP contribution in [-0.2, 0) is 0 Å². The molecule has 1 aliphatic heterocycles. The minimum Gasteiger partial charge on any atom is -0.488 e. The molecule has 2 unspecified atom stereocenters. The summed E-state index contributed by atoms with van der Waals surface area (Å²) in [5.74, 6) is 0.490. The topological polar surface area (TPSA) is 81.6 Å². The van der Waals surface area contributed by atoms with Crippen LogP contribution in [0.5, 0.6) is 5.75 Å². The number of nitrogen functional groups attached to an aromatic ring is 2. The quantitative estimate of drug-likeness (QED) is 0.601. The monoisotopic (exact) mass is 367 g/mol. The Bertz CT molecular complexity index is 800. The van der Waals surface area contributed by atoms with Crippen molar-refractivity contribution in [1.82, 2.24) is 4.90 Å². The highest BCUT2D eigenvalue weighted by Gasteiger charge is 2.24. The lowest BCUT2D eigenvalue weighted by molar-refractivity contribution is 0.0728. The molecule has 0 radical (unpaired) electrons. The van der Waals surface area contributed by atoms with Gasteiger partial charge in [0.2, 0.25) is 0 Å². The molecule has 2 aromatic carbocycles. The lowest BCUT2D eigenvalue weighted by Gasteiger charge is -2.35. The van der Waals surface area contributed by atoms with Crippen LogP contribution >= 0.6 is 0 Å². The number of para-hydroxylation sites is 1. The third-order valence-electron chi connectivity index (χ3n) is 5.44. The van der Waals surface area contributed by atoms with E-state index in [1.54, 1.807) is 24.3 Å². The zero-order valence-corrected chi connectivity index (χ0v) is 16.2. The molecule has 1 fully saturated rings. The molecule has 5 heteroatoms. The van der Waals surface area contributed by atoms with Crippen LogP contribution < -0.4 is 16.2 Å². The summed E-state index contributed by atoms with van der Waals surface area (Å²) in [6.07, 6.45) is 3.77. The lowest BCUT2D eigenvalue weighted by Crippen LogP contribution is -2.45. The van der Waals surface area contributed by atoms with Crippen molar-refractivity contribution in [3.8, 4) is 5.75 Å². The number of nitrogens with zero attached hydrogens (tertiary/aromatic N) is 1. The number of hydrogen-bond acceptors (Lipinski definition) is 5. The summed E-state index contributed by atoms with van der Waals surface area (Å²) in [6.45, 7) is 6.49. The number of anilines is 2. The van der Waals surface area contributed by atoms with Crippen LogP contribution in [0.1, 0.15) is 49.0 Å². The van der Waals surface area contributed by atoms with Crippen molar-refractivity contribution in [3.63, 3.8) is 0 Å². The molecule has 1 saturated heterocycles. The zero-order valence-electron chi connectivity index (χ0n) is 16.2. The predicted molar refractivity (Wildman–Crippen MR) is 110 cm³/mol. The number of ether oxygens (including phenoxy) is 1. The van der Waals surface area contributed by atoms with Gasteiger partial charge in [0.25, 0.3) is 0 Å². The summed E-state index contributed by atoms with van der Waals surface area (Å²) < 4.78 is 6.24. The van der Waals surface area contributed by atoms with Crippen molar-refractivity contribution in [2.75, 3.05) is 24.6 Å². The molecule has 0 amide bonds. The van der Waals surface area contributed by atoms with Crippen molar-refractivity contribution in [3.05, 3.63) is 53.6 Å². The van der Waals surface area contributed by atoms with Crippen molar-refractivity contribution in [2.24, 2.45) is 0 Å². The Hall–Kier alpha value is -2.53. The third kappa shape index (κ3) is 4.42. The zero-order chi connectivity index (χ0) is 19.4. The van der Waals surface area contributed by atoms with E-state index in [-0.39, 0.29) is 11.9 Å². The fourth-order valence-electron chi connectivity index (χ4n) is 3.55. The summed E-state index contributed by atoms with van der Waals surface area (Å²) in [5.41, 5.74) is 13.6. The van der Waals surface area contributed by atoms with Crippen molar-refractivity contribution < 1.29 is 9.53 Å². The summed E-state index contributed by atoms with van der Waals surface area (Å²) >= 11 is 0. The number of likely N-dealkylation sites (tertiary alicyclic amines) is 1. The third-order valence-corrected chi connectivity index (χ3v) is 5.44. The van der Waals surface area contributed by atoms with Gasteiger partial charge in [-0.2, -0.15) is 0 Å². The molecule has 2 atom stereocenters. The van der Waals surface area contributed by atoms with Crippen LogP contribution in [0.15, 0.2) is 42.5 Å². The highest BCUT2D eigenvalue weighted by Crippen LogP contribution is 2.26. The molecule has 1 heterocycles. The van der Waals surface area contributed by atoms with Gasteiger partial charge in [0, 0.05) is 11.6 Å².